The van der Waals surface area contributed by atoms with Crippen LogP contribution in [0.3, 0.4) is 0 Å². The zero-order chi connectivity index (χ0) is 13.4. The molecule has 0 aliphatic rings. The van der Waals surface area contributed by atoms with E-state index in [2.05, 4.69) is 16.7 Å². The van der Waals surface area contributed by atoms with E-state index in [1.54, 1.807) is 18.2 Å². The molecule has 0 radical (unpaired) electrons. The summed E-state index contributed by atoms with van der Waals surface area (Å²) < 4.78 is 0. The van der Waals surface area contributed by atoms with E-state index in [1.807, 2.05) is 6.92 Å². The Hall–Kier alpha value is -1.73. The zero-order valence-electron chi connectivity index (χ0n) is 10.3. The lowest BCUT2D eigenvalue weighted by atomic mass is 10.2. The fraction of sp³-hybridized carbons (Fsp3) is 0.385. The highest BCUT2D eigenvalue weighted by Crippen LogP contribution is 2.20. The van der Waals surface area contributed by atoms with Crippen LogP contribution in [0.4, 0.5) is 5.69 Å². The van der Waals surface area contributed by atoms with Gasteiger partial charge in [0.1, 0.15) is 6.07 Å². The molecule has 0 unspecified atom stereocenters. The Labute approximate surface area is 112 Å². The first-order chi connectivity index (χ1) is 8.67. The maximum atomic E-state index is 11.4. The minimum atomic E-state index is 0.00452. The van der Waals surface area contributed by atoms with Crippen molar-refractivity contribution >= 4 is 23.2 Å². The van der Waals surface area contributed by atoms with Crippen molar-refractivity contribution in [1.29, 1.82) is 5.26 Å². The summed E-state index contributed by atoms with van der Waals surface area (Å²) in [6, 6.07) is 7.08. The summed E-state index contributed by atoms with van der Waals surface area (Å²) >= 11 is 5.86. The highest BCUT2D eigenvalue weighted by Gasteiger charge is 2.04. The molecule has 0 spiro atoms. The highest BCUT2D eigenvalue weighted by atomic mass is 35.5. The molecule has 0 aromatic heterocycles. The lowest BCUT2D eigenvalue weighted by Crippen LogP contribution is -2.25. The second-order valence-corrected chi connectivity index (χ2v) is 4.26. The van der Waals surface area contributed by atoms with Gasteiger partial charge in [-0.3, -0.25) is 4.79 Å². The SMILES string of the molecule is CCCNC(=O)CCNc1cc(Cl)ccc1C#N. The van der Waals surface area contributed by atoms with Crippen molar-refractivity contribution < 1.29 is 4.79 Å². The lowest BCUT2D eigenvalue weighted by molar-refractivity contribution is -0.120. The molecule has 0 saturated heterocycles. The predicted molar refractivity (Wildman–Crippen MR) is 72.6 cm³/mol. The maximum absolute atomic E-state index is 11.4. The van der Waals surface area contributed by atoms with Crippen LogP contribution in [0, 0.1) is 11.3 Å². The number of carbonyl (C=O) groups excluding carboxylic acids is 1. The van der Waals surface area contributed by atoms with Gasteiger partial charge in [0.2, 0.25) is 5.91 Å². The van der Waals surface area contributed by atoms with Gasteiger partial charge in [-0.15, -0.1) is 0 Å². The van der Waals surface area contributed by atoms with Crippen molar-refractivity contribution in [2.45, 2.75) is 19.8 Å². The van der Waals surface area contributed by atoms with Crippen LogP contribution in [0.1, 0.15) is 25.3 Å². The fourth-order valence-electron chi connectivity index (χ4n) is 1.42. The number of nitrogens with one attached hydrogen (secondary N) is 2. The number of benzene rings is 1. The molecule has 0 bridgehead atoms. The number of nitriles is 1. The van der Waals surface area contributed by atoms with Crippen LogP contribution in [0.25, 0.3) is 0 Å². The van der Waals surface area contributed by atoms with E-state index in [4.69, 9.17) is 16.9 Å². The molecule has 1 aromatic carbocycles. The van der Waals surface area contributed by atoms with Crippen molar-refractivity contribution in [3.05, 3.63) is 28.8 Å². The van der Waals surface area contributed by atoms with E-state index >= 15 is 0 Å². The molecule has 0 saturated carbocycles. The Morgan fingerprint density at radius 2 is 2.22 bits per heavy atom. The highest BCUT2D eigenvalue weighted by molar-refractivity contribution is 6.30. The minimum absolute atomic E-state index is 0.00452. The molecule has 4 nitrogen and oxygen atoms in total. The van der Waals surface area contributed by atoms with Crippen LogP contribution >= 0.6 is 11.6 Å². The topological polar surface area (TPSA) is 64.9 Å². The molecule has 1 rings (SSSR count). The molecule has 0 fully saturated rings. The quantitative estimate of drug-likeness (QED) is 0.831. The van der Waals surface area contributed by atoms with Gasteiger partial charge in [0.15, 0.2) is 0 Å². The van der Waals surface area contributed by atoms with Crippen molar-refractivity contribution in [3.8, 4) is 6.07 Å². The number of rotatable bonds is 6. The number of amides is 1. The molecule has 2 N–H and O–H groups in total. The molecule has 0 heterocycles. The third-order valence-electron chi connectivity index (χ3n) is 2.34. The summed E-state index contributed by atoms with van der Waals surface area (Å²) in [5.41, 5.74) is 1.18. The van der Waals surface area contributed by atoms with Crippen LogP contribution in [-0.4, -0.2) is 19.0 Å². The summed E-state index contributed by atoms with van der Waals surface area (Å²) in [7, 11) is 0. The zero-order valence-corrected chi connectivity index (χ0v) is 11.0. The number of carbonyl (C=O) groups is 1. The summed E-state index contributed by atoms with van der Waals surface area (Å²) in [6.45, 7) is 3.17. The van der Waals surface area contributed by atoms with Crippen LogP contribution in [0.15, 0.2) is 18.2 Å². The van der Waals surface area contributed by atoms with Gasteiger partial charge in [0.25, 0.3) is 0 Å². The van der Waals surface area contributed by atoms with Gasteiger partial charge in [-0.1, -0.05) is 18.5 Å². The molecule has 5 heteroatoms. The standard InChI is InChI=1S/C13H16ClN3O/c1-2-6-17-13(18)5-7-16-12-8-11(14)4-3-10(12)9-15/h3-4,8,16H,2,5-7H2,1H3,(H,17,18). The second kappa shape index (κ2) is 7.57. The maximum Gasteiger partial charge on any atom is 0.221 e. The smallest absolute Gasteiger partial charge is 0.221 e. The number of hydrogen-bond donors (Lipinski definition) is 2. The van der Waals surface area contributed by atoms with E-state index in [1.165, 1.54) is 0 Å². The first kappa shape index (κ1) is 14.3. The molecular formula is C13H16ClN3O. The Bertz CT molecular complexity index is 454. The average Bonchev–Trinajstić information content (AvgIpc) is 2.36. The molecule has 1 aromatic rings. The van der Waals surface area contributed by atoms with Gasteiger partial charge in [-0.05, 0) is 24.6 Å². The van der Waals surface area contributed by atoms with Crippen molar-refractivity contribution in [2.75, 3.05) is 18.4 Å². The molecule has 1 amide bonds. The van der Waals surface area contributed by atoms with Gasteiger partial charge in [0, 0.05) is 24.5 Å². The molecular weight excluding hydrogens is 250 g/mol. The summed E-state index contributed by atoms with van der Waals surface area (Å²) in [6.07, 6.45) is 1.30. The fourth-order valence-corrected chi connectivity index (χ4v) is 1.60. The van der Waals surface area contributed by atoms with Gasteiger partial charge in [0.05, 0.1) is 11.3 Å². The number of hydrogen-bond acceptors (Lipinski definition) is 3. The summed E-state index contributed by atoms with van der Waals surface area (Å²) in [5.74, 6) is 0.00452. The van der Waals surface area contributed by atoms with E-state index in [0.29, 0.717) is 35.8 Å². The summed E-state index contributed by atoms with van der Waals surface area (Å²) in [5, 5.41) is 15.3. The van der Waals surface area contributed by atoms with E-state index in [9.17, 15) is 4.79 Å². The number of nitrogens with zero attached hydrogens (tertiary/aromatic N) is 1. The number of anilines is 1. The largest absolute Gasteiger partial charge is 0.383 e. The van der Waals surface area contributed by atoms with E-state index in [-0.39, 0.29) is 5.91 Å². The van der Waals surface area contributed by atoms with Crippen LogP contribution < -0.4 is 10.6 Å². The normalized spacial score (nSPS) is 9.61. The molecule has 18 heavy (non-hydrogen) atoms. The Morgan fingerprint density at radius 3 is 2.89 bits per heavy atom. The lowest BCUT2D eigenvalue weighted by Gasteiger charge is -2.08. The van der Waals surface area contributed by atoms with Crippen molar-refractivity contribution in [1.82, 2.24) is 5.32 Å². The summed E-state index contributed by atoms with van der Waals surface area (Å²) in [4.78, 5) is 11.4. The molecule has 0 aliphatic heterocycles. The molecule has 0 aliphatic carbocycles. The van der Waals surface area contributed by atoms with Crippen LogP contribution in [0.5, 0.6) is 0 Å². The Balaban J connectivity index is 2.46. The van der Waals surface area contributed by atoms with Crippen LogP contribution in [0.2, 0.25) is 5.02 Å². The Kier molecular flexibility index (Phi) is 6.03. The van der Waals surface area contributed by atoms with Crippen LogP contribution in [-0.2, 0) is 4.79 Å². The van der Waals surface area contributed by atoms with Crippen molar-refractivity contribution in [3.63, 3.8) is 0 Å². The average molecular weight is 266 g/mol. The van der Waals surface area contributed by atoms with Crippen molar-refractivity contribution in [2.24, 2.45) is 0 Å². The molecule has 0 atom stereocenters. The van der Waals surface area contributed by atoms with Gasteiger partial charge < -0.3 is 10.6 Å². The third-order valence-corrected chi connectivity index (χ3v) is 2.58. The van der Waals surface area contributed by atoms with E-state index < -0.39 is 0 Å². The second-order valence-electron chi connectivity index (χ2n) is 3.83. The number of halogens is 1. The minimum Gasteiger partial charge on any atom is -0.383 e. The van der Waals surface area contributed by atoms with Gasteiger partial charge >= 0.3 is 0 Å². The molecule has 96 valence electrons. The monoisotopic (exact) mass is 265 g/mol. The first-order valence-corrected chi connectivity index (χ1v) is 6.25. The predicted octanol–water partition coefficient (Wildman–Crippen LogP) is 2.54. The third kappa shape index (κ3) is 4.64. The van der Waals surface area contributed by atoms with Gasteiger partial charge in [-0.25, -0.2) is 0 Å². The van der Waals surface area contributed by atoms with Gasteiger partial charge in [-0.2, -0.15) is 5.26 Å². The van der Waals surface area contributed by atoms with E-state index in [0.717, 1.165) is 6.42 Å². The Morgan fingerprint density at radius 1 is 1.44 bits per heavy atom. The first-order valence-electron chi connectivity index (χ1n) is 5.87.